The summed E-state index contributed by atoms with van der Waals surface area (Å²) in [7, 11) is 0. The number of carbonyl (C=O) groups excluding carboxylic acids is 1. The van der Waals surface area contributed by atoms with Crippen LogP contribution in [-0.4, -0.2) is 46.2 Å². The first-order valence-corrected chi connectivity index (χ1v) is 12.9. The number of amides is 1. The number of anilines is 3. The molecule has 9 heteroatoms. The summed E-state index contributed by atoms with van der Waals surface area (Å²) in [5.41, 5.74) is 9.35. The Hall–Kier alpha value is -3.20. The van der Waals surface area contributed by atoms with Crippen molar-refractivity contribution in [3.05, 3.63) is 34.5 Å². The van der Waals surface area contributed by atoms with Gasteiger partial charge in [0.2, 0.25) is 6.41 Å². The third kappa shape index (κ3) is 6.28. The number of benzene rings is 1. The standard InChI is InChI=1S/C20H23N5OS.C6H13NO/c1-11(2)26-16-8-14(22)12(9-21)7-15(16)25-19-18-13-5-3-4-6-17(13)27-20(18)24-10-23-19;1-4-7(5-8)6(2)3/h7-11,21H,3-6,22H2,1-2H3,(H,23,24,25);5-6H,4H2,1-3H3. The molecule has 0 aliphatic heterocycles. The fraction of sp³-hybridized carbons (Fsp3) is 0.462. The number of aryl methyl sites for hydroxylation is 2. The number of nitrogens with one attached hydrogen (secondary N) is 2. The lowest BCUT2D eigenvalue weighted by Gasteiger charge is -2.18. The molecule has 0 fully saturated rings. The summed E-state index contributed by atoms with van der Waals surface area (Å²) >= 11 is 1.77. The second kappa shape index (κ2) is 12.0. The highest BCUT2D eigenvalue weighted by Gasteiger charge is 2.21. The molecule has 188 valence electrons. The maximum absolute atomic E-state index is 10.1. The first kappa shape index (κ1) is 26.4. The van der Waals surface area contributed by atoms with Gasteiger partial charge in [0.1, 0.15) is 22.7 Å². The van der Waals surface area contributed by atoms with Gasteiger partial charge >= 0.3 is 0 Å². The fourth-order valence-electron chi connectivity index (χ4n) is 4.06. The minimum atomic E-state index is 0.00936. The van der Waals surface area contributed by atoms with Crippen LogP contribution in [0.5, 0.6) is 5.75 Å². The Morgan fingerprint density at radius 3 is 2.57 bits per heavy atom. The number of hydrogen-bond acceptors (Lipinski definition) is 8. The van der Waals surface area contributed by atoms with E-state index in [1.165, 1.54) is 29.5 Å². The maximum Gasteiger partial charge on any atom is 0.209 e. The van der Waals surface area contributed by atoms with Gasteiger partial charge in [-0.1, -0.05) is 0 Å². The Balaban J connectivity index is 0.000000371. The van der Waals surface area contributed by atoms with Gasteiger partial charge in [0, 0.05) is 41.0 Å². The summed E-state index contributed by atoms with van der Waals surface area (Å²) < 4.78 is 5.95. The molecule has 4 rings (SSSR count). The molecule has 1 aromatic carbocycles. The van der Waals surface area contributed by atoms with E-state index in [-0.39, 0.29) is 6.10 Å². The molecular formula is C26H36N6O2S. The molecule has 1 amide bonds. The number of rotatable bonds is 8. The smallest absolute Gasteiger partial charge is 0.209 e. The van der Waals surface area contributed by atoms with E-state index in [0.717, 1.165) is 47.5 Å². The van der Waals surface area contributed by atoms with E-state index in [4.69, 9.17) is 15.9 Å². The van der Waals surface area contributed by atoms with Crippen molar-refractivity contribution in [1.29, 1.82) is 5.41 Å². The van der Waals surface area contributed by atoms with E-state index in [9.17, 15) is 4.79 Å². The number of ether oxygens (including phenoxy) is 1. The average Bonchev–Trinajstić information content (AvgIpc) is 3.21. The van der Waals surface area contributed by atoms with Crippen LogP contribution in [0, 0.1) is 5.41 Å². The van der Waals surface area contributed by atoms with Crippen molar-refractivity contribution in [3.63, 3.8) is 0 Å². The predicted molar refractivity (Wildman–Crippen MR) is 145 cm³/mol. The van der Waals surface area contributed by atoms with E-state index in [1.54, 1.807) is 28.6 Å². The lowest BCUT2D eigenvalue weighted by Crippen LogP contribution is -2.28. The van der Waals surface area contributed by atoms with Crippen LogP contribution in [0.15, 0.2) is 18.5 Å². The lowest BCUT2D eigenvalue weighted by molar-refractivity contribution is -0.119. The van der Waals surface area contributed by atoms with E-state index < -0.39 is 0 Å². The zero-order chi connectivity index (χ0) is 25.5. The molecule has 1 aliphatic rings. The monoisotopic (exact) mass is 496 g/mol. The van der Waals surface area contributed by atoms with Crippen LogP contribution in [0.25, 0.3) is 10.2 Å². The van der Waals surface area contributed by atoms with Gasteiger partial charge in [-0.25, -0.2) is 9.97 Å². The molecule has 2 heterocycles. The fourth-order valence-corrected chi connectivity index (χ4v) is 5.29. The molecular weight excluding hydrogens is 460 g/mol. The van der Waals surface area contributed by atoms with Gasteiger partial charge in [-0.3, -0.25) is 4.79 Å². The molecule has 0 atom stereocenters. The van der Waals surface area contributed by atoms with Crippen molar-refractivity contribution in [3.8, 4) is 5.75 Å². The molecule has 8 nitrogen and oxygen atoms in total. The van der Waals surface area contributed by atoms with Gasteiger partial charge in [0.25, 0.3) is 0 Å². The Morgan fingerprint density at radius 2 is 1.97 bits per heavy atom. The molecule has 0 spiro atoms. The number of nitrogen functional groups attached to an aromatic ring is 1. The van der Waals surface area contributed by atoms with Crippen LogP contribution in [0.1, 0.15) is 63.5 Å². The van der Waals surface area contributed by atoms with Crippen LogP contribution < -0.4 is 15.8 Å². The third-order valence-electron chi connectivity index (χ3n) is 5.87. The highest BCUT2D eigenvalue weighted by Crippen LogP contribution is 2.40. The summed E-state index contributed by atoms with van der Waals surface area (Å²) in [6.45, 7) is 10.7. The second-order valence-corrected chi connectivity index (χ2v) is 10.1. The summed E-state index contributed by atoms with van der Waals surface area (Å²) in [4.78, 5) is 23.3. The van der Waals surface area contributed by atoms with Crippen molar-refractivity contribution in [2.45, 2.75) is 72.4 Å². The summed E-state index contributed by atoms with van der Waals surface area (Å²) in [5.74, 6) is 1.44. The van der Waals surface area contributed by atoms with Gasteiger partial charge in [-0.15, -0.1) is 11.3 Å². The largest absolute Gasteiger partial charge is 0.489 e. The quantitative estimate of drug-likeness (QED) is 0.214. The number of carbonyl (C=O) groups is 1. The minimum Gasteiger partial charge on any atom is -0.489 e. The van der Waals surface area contributed by atoms with Crippen LogP contribution in [-0.2, 0) is 17.6 Å². The summed E-state index contributed by atoms with van der Waals surface area (Å²) in [5, 5.41) is 12.1. The van der Waals surface area contributed by atoms with Crippen LogP contribution in [0.2, 0.25) is 0 Å². The molecule has 0 radical (unpaired) electrons. The van der Waals surface area contributed by atoms with Crippen molar-refractivity contribution in [2.24, 2.45) is 0 Å². The van der Waals surface area contributed by atoms with Gasteiger partial charge in [0.05, 0.1) is 17.2 Å². The molecule has 0 saturated heterocycles. The number of nitrogens with two attached hydrogens (primary N) is 1. The molecule has 1 aliphatic carbocycles. The van der Waals surface area contributed by atoms with E-state index in [1.807, 2.05) is 40.7 Å². The Kier molecular flexibility index (Phi) is 9.03. The van der Waals surface area contributed by atoms with Crippen LogP contribution in [0.3, 0.4) is 0 Å². The second-order valence-electron chi connectivity index (χ2n) is 9.06. The average molecular weight is 497 g/mol. The predicted octanol–water partition coefficient (Wildman–Crippen LogP) is 5.55. The topological polar surface area (TPSA) is 117 Å². The number of thiophene rings is 1. The highest BCUT2D eigenvalue weighted by atomic mass is 32.1. The Morgan fingerprint density at radius 1 is 1.23 bits per heavy atom. The van der Waals surface area contributed by atoms with Crippen molar-refractivity contribution < 1.29 is 9.53 Å². The highest BCUT2D eigenvalue weighted by molar-refractivity contribution is 7.19. The summed E-state index contributed by atoms with van der Waals surface area (Å²) in [6, 6.07) is 3.95. The normalized spacial score (nSPS) is 12.7. The lowest BCUT2D eigenvalue weighted by atomic mass is 9.97. The maximum atomic E-state index is 10.1. The van der Waals surface area contributed by atoms with Crippen molar-refractivity contribution in [1.82, 2.24) is 14.9 Å². The third-order valence-corrected chi connectivity index (χ3v) is 7.07. The van der Waals surface area contributed by atoms with Gasteiger partial charge in [-0.2, -0.15) is 0 Å². The van der Waals surface area contributed by atoms with Gasteiger partial charge < -0.3 is 26.1 Å². The molecule has 2 aromatic heterocycles. The summed E-state index contributed by atoms with van der Waals surface area (Å²) in [6.07, 6.45) is 8.38. The Labute approximate surface area is 211 Å². The first-order chi connectivity index (χ1) is 16.8. The zero-order valence-electron chi connectivity index (χ0n) is 21.2. The molecule has 0 bridgehead atoms. The molecule has 3 aromatic rings. The van der Waals surface area contributed by atoms with Gasteiger partial charge in [-0.05, 0) is 71.9 Å². The molecule has 0 unspecified atom stereocenters. The molecule has 35 heavy (non-hydrogen) atoms. The SMILES string of the molecule is CC(C)Oc1cc(N)c(C=N)cc1Nc1ncnc2sc3c(c12)CCCC3.CCN(C=O)C(C)C. The van der Waals surface area contributed by atoms with Crippen LogP contribution in [0.4, 0.5) is 17.2 Å². The zero-order valence-corrected chi connectivity index (χ0v) is 22.0. The molecule has 0 saturated carbocycles. The van der Waals surface area contributed by atoms with E-state index in [2.05, 4.69) is 15.3 Å². The van der Waals surface area contributed by atoms with Crippen LogP contribution >= 0.6 is 11.3 Å². The Bertz CT molecular complexity index is 1170. The minimum absolute atomic E-state index is 0.00936. The van der Waals surface area contributed by atoms with E-state index >= 15 is 0 Å². The number of fused-ring (bicyclic) bond motifs is 3. The van der Waals surface area contributed by atoms with Crippen molar-refractivity contribution in [2.75, 3.05) is 17.6 Å². The number of aromatic nitrogens is 2. The van der Waals surface area contributed by atoms with Crippen molar-refractivity contribution >= 4 is 51.4 Å². The van der Waals surface area contributed by atoms with E-state index in [0.29, 0.717) is 23.0 Å². The van der Waals surface area contributed by atoms with Gasteiger partial charge in [0.15, 0.2) is 0 Å². The number of nitrogens with zero attached hydrogens (tertiary/aromatic N) is 3. The number of hydrogen-bond donors (Lipinski definition) is 3. The molecule has 4 N–H and O–H groups in total. The first-order valence-electron chi connectivity index (χ1n) is 12.1.